The van der Waals surface area contributed by atoms with Gasteiger partial charge in [-0.15, -0.1) is 0 Å². The Hall–Kier alpha value is -1.69. The predicted molar refractivity (Wildman–Crippen MR) is 65.1 cm³/mol. The van der Waals surface area contributed by atoms with Crippen LogP contribution in [0.25, 0.3) is 0 Å². The minimum absolute atomic E-state index is 0.575. The van der Waals surface area contributed by atoms with Crippen LogP contribution in [0.4, 0.5) is 0 Å². The molecule has 6 heteroatoms. The molecule has 3 heterocycles. The van der Waals surface area contributed by atoms with Gasteiger partial charge in [-0.1, -0.05) is 5.16 Å². The van der Waals surface area contributed by atoms with Crippen LogP contribution in [0.3, 0.4) is 0 Å². The fourth-order valence-corrected chi connectivity index (χ4v) is 2.49. The summed E-state index contributed by atoms with van der Waals surface area (Å²) in [7, 11) is 0. The van der Waals surface area contributed by atoms with Crippen molar-refractivity contribution in [2.24, 2.45) is 0 Å². The van der Waals surface area contributed by atoms with Gasteiger partial charge in [0.1, 0.15) is 0 Å². The molecule has 0 aliphatic carbocycles. The molecule has 6 nitrogen and oxygen atoms in total. The van der Waals surface area contributed by atoms with Gasteiger partial charge in [0.15, 0.2) is 5.82 Å². The third-order valence-corrected chi connectivity index (χ3v) is 3.44. The van der Waals surface area contributed by atoms with Crippen molar-refractivity contribution in [2.75, 3.05) is 13.1 Å². The zero-order valence-corrected chi connectivity index (χ0v) is 10.2. The van der Waals surface area contributed by atoms with Gasteiger partial charge < -0.3 is 14.4 Å². The summed E-state index contributed by atoms with van der Waals surface area (Å²) in [5.41, 5.74) is 1.31. The molecular formula is C12H17N5O. The van der Waals surface area contributed by atoms with Crippen molar-refractivity contribution < 1.29 is 4.52 Å². The van der Waals surface area contributed by atoms with Crippen LogP contribution in [0.15, 0.2) is 23.4 Å². The summed E-state index contributed by atoms with van der Waals surface area (Å²) < 4.78 is 6.94. The van der Waals surface area contributed by atoms with Crippen LogP contribution in [0, 0.1) is 0 Å². The van der Waals surface area contributed by atoms with Gasteiger partial charge in [0.2, 0.25) is 6.39 Å². The third-order valence-electron chi connectivity index (χ3n) is 3.44. The van der Waals surface area contributed by atoms with Gasteiger partial charge in [-0.3, -0.25) is 0 Å². The monoisotopic (exact) mass is 247 g/mol. The summed E-state index contributed by atoms with van der Waals surface area (Å²) >= 11 is 0. The molecule has 0 spiro atoms. The Morgan fingerprint density at radius 1 is 1.50 bits per heavy atom. The second-order valence-electron chi connectivity index (χ2n) is 4.65. The normalized spacial score (nSPS) is 20.1. The molecule has 18 heavy (non-hydrogen) atoms. The molecule has 1 fully saturated rings. The lowest BCUT2D eigenvalue weighted by atomic mass is 9.96. The number of rotatable bonds is 4. The molecule has 1 aliphatic rings. The van der Waals surface area contributed by atoms with E-state index in [1.54, 1.807) is 0 Å². The van der Waals surface area contributed by atoms with E-state index < -0.39 is 0 Å². The maximum Gasteiger partial charge on any atom is 0.213 e. The number of imidazole rings is 1. The van der Waals surface area contributed by atoms with E-state index in [9.17, 15) is 0 Å². The number of piperidine rings is 1. The summed E-state index contributed by atoms with van der Waals surface area (Å²) in [4.78, 5) is 8.30. The molecule has 1 unspecified atom stereocenters. The third kappa shape index (κ3) is 2.43. The molecule has 1 atom stereocenters. The Kier molecular flexibility index (Phi) is 3.36. The molecule has 0 radical (unpaired) electrons. The highest BCUT2D eigenvalue weighted by Gasteiger charge is 2.18. The SMILES string of the molecule is c1nc(CCn2cncc2C2CCCNC2)no1. The molecule has 1 N–H and O–H groups in total. The Bertz CT molecular complexity index is 472. The van der Waals surface area contributed by atoms with Gasteiger partial charge in [0.25, 0.3) is 0 Å². The van der Waals surface area contributed by atoms with E-state index in [4.69, 9.17) is 4.52 Å². The van der Waals surface area contributed by atoms with Crippen molar-refractivity contribution in [3.63, 3.8) is 0 Å². The Labute approximate surface area is 105 Å². The lowest BCUT2D eigenvalue weighted by Crippen LogP contribution is -2.29. The van der Waals surface area contributed by atoms with Crippen LogP contribution in [0.2, 0.25) is 0 Å². The highest BCUT2D eigenvalue weighted by Crippen LogP contribution is 2.22. The minimum atomic E-state index is 0.575. The zero-order chi connectivity index (χ0) is 12.2. The van der Waals surface area contributed by atoms with Crippen LogP contribution in [0.5, 0.6) is 0 Å². The van der Waals surface area contributed by atoms with Crippen LogP contribution in [-0.2, 0) is 13.0 Å². The number of aromatic nitrogens is 4. The van der Waals surface area contributed by atoms with Gasteiger partial charge in [-0.05, 0) is 19.4 Å². The second-order valence-corrected chi connectivity index (χ2v) is 4.65. The van der Waals surface area contributed by atoms with E-state index in [-0.39, 0.29) is 0 Å². The fourth-order valence-electron chi connectivity index (χ4n) is 2.49. The quantitative estimate of drug-likeness (QED) is 0.872. The van der Waals surface area contributed by atoms with Crippen LogP contribution in [0.1, 0.15) is 30.3 Å². The van der Waals surface area contributed by atoms with Crippen LogP contribution < -0.4 is 5.32 Å². The molecule has 96 valence electrons. The predicted octanol–water partition coefficient (Wildman–Crippen LogP) is 0.976. The van der Waals surface area contributed by atoms with Crippen molar-refractivity contribution >= 4 is 0 Å². The first-order valence-electron chi connectivity index (χ1n) is 6.39. The largest absolute Gasteiger partial charge is 0.343 e. The number of hydrogen-bond donors (Lipinski definition) is 1. The molecular weight excluding hydrogens is 230 g/mol. The van der Waals surface area contributed by atoms with Gasteiger partial charge in [0, 0.05) is 37.3 Å². The minimum Gasteiger partial charge on any atom is -0.343 e. The molecule has 1 saturated heterocycles. The highest BCUT2D eigenvalue weighted by molar-refractivity contribution is 5.08. The number of aryl methyl sites for hydroxylation is 2. The zero-order valence-electron chi connectivity index (χ0n) is 10.2. The molecule has 3 rings (SSSR count). The average Bonchev–Trinajstić information content (AvgIpc) is 3.09. The Morgan fingerprint density at radius 2 is 2.50 bits per heavy atom. The summed E-state index contributed by atoms with van der Waals surface area (Å²) in [6, 6.07) is 0. The lowest BCUT2D eigenvalue weighted by molar-refractivity contribution is 0.406. The van der Waals surface area contributed by atoms with E-state index >= 15 is 0 Å². The van der Waals surface area contributed by atoms with Crippen molar-refractivity contribution in [3.8, 4) is 0 Å². The van der Waals surface area contributed by atoms with E-state index in [2.05, 4.69) is 25.0 Å². The smallest absolute Gasteiger partial charge is 0.213 e. The van der Waals surface area contributed by atoms with Crippen LogP contribution >= 0.6 is 0 Å². The molecule has 2 aromatic rings. The lowest BCUT2D eigenvalue weighted by Gasteiger charge is -2.23. The molecule has 2 aromatic heterocycles. The van der Waals surface area contributed by atoms with Gasteiger partial charge in [-0.2, -0.15) is 4.98 Å². The molecule has 0 bridgehead atoms. The highest BCUT2D eigenvalue weighted by atomic mass is 16.5. The Balaban J connectivity index is 1.67. The number of nitrogens with zero attached hydrogens (tertiary/aromatic N) is 4. The Morgan fingerprint density at radius 3 is 3.28 bits per heavy atom. The maximum absolute atomic E-state index is 4.73. The summed E-state index contributed by atoms with van der Waals surface area (Å²) in [5, 5.41) is 7.26. The fraction of sp³-hybridized carbons (Fsp3) is 0.583. The topological polar surface area (TPSA) is 68.8 Å². The van der Waals surface area contributed by atoms with Crippen LogP contribution in [-0.4, -0.2) is 32.8 Å². The number of nitrogens with one attached hydrogen (secondary N) is 1. The molecule has 0 aromatic carbocycles. The van der Waals surface area contributed by atoms with Crippen molar-refractivity contribution in [1.29, 1.82) is 0 Å². The average molecular weight is 247 g/mol. The standard InChI is InChI=1S/C12H17N5O/c1-2-10(6-13-4-1)11-7-14-8-17(11)5-3-12-15-9-18-16-12/h7-10,13H,1-6H2. The maximum atomic E-state index is 4.73. The van der Waals surface area contributed by atoms with E-state index in [1.165, 1.54) is 24.9 Å². The molecule has 1 aliphatic heterocycles. The van der Waals surface area contributed by atoms with E-state index in [0.717, 1.165) is 31.9 Å². The van der Waals surface area contributed by atoms with E-state index in [1.807, 2.05) is 12.5 Å². The first kappa shape index (κ1) is 11.4. The summed E-state index contributed by atoms with van der Waals surface area (Å²) in [6.45, 7) is 3.03. The first-order chi connectivity index (χ1) is 8.93. The van der Waals surface area contributed by atoms with Crippen molar-refractivity contribution in [2.45, 2.75) is 31.7 Å². The first-order valence-corrected chi connectivity index (χ1v) is 6.39. The second kappa shape index (κ2) is 5.30. The van der Waals surface area contributed by atoms with Gasteiger partial charge in [0.05, 0.1) is 6.33 Å². The van der Waals surface area contributed by atoms with Crippen molar-refractivity contribution in [3.05, 3.63) is 30.4 Å². The van der Waals surface area contributed by atoms with Crippen molar-refractivity contribution in [1.82, 2.24) is 25.0 Å². The summed E-state index contributed by atoms with van der Waals surface area (Å²) in [6.07, 6.45) is 8.49. The van der Waals surface area contributed by atoms with Gasteiger partial charge >= 0.3 is 0 Å². The number of hydrogen-bond acceptors (Lipinski definition) is 5. The summed E-state index contributed by atoms with van der Waals surface area (Å²) in [5.74, 6) is 1.32. The van der Waals surface area contributed by atoms with E-state index in [0.29, 0.717) is 5.92 Å². The van der Waals surface area contributed by atoms with Gasteiger partial charge in [-0.25, -0.2) is 4.98 Å². The molecule has 0 amide bonds. The molecule has 0 saturated carbocycles.